The highest BCUT2D eigenvalue weighted by atomic mass is 32.1. The van der Waals surface area contributed by atoms with E-state index in [0.717, 1.165) is 16.7 Å². The Morgan fingerprint density at radius 1 is 0.875 bits per heavy atom. The zero-order chi connectivity index (χ0) is 33.8. The zero-order valence-electron chi connectivity index (χ0n) is 28.4. The highest BCUT2D eigenvalue weighted by molar-refractivity contribution is 7.59. The maximum absolute atomic E-state index is 14.4. The lowest BCUT2D eigenvalue weighted by Crippen LogP contribution is -2.54. The van der Waals surface area contributed by atoms with E-state index in [0.29, 0.717) is 50.1 Å². The van der Waals surface area contributed by atoms with Crippen molar-refractivity contribution >= 4 is 37.2 Å². The molecule has 1 saturated heterocycles. The van der Waals surface area contributed by atoms with Crippen molar-refractivity contribution in [2.24, 2.45) is 0 Å². The zero-order valence-corrected chi connectivity index (χ0v) is 29.4. The Balaban J connectivity index is 0.00000520. The maximum Gasteiger partial charge on any atom is 0.328 e. The fourth-order valence-corrected chi connectivity index (χ4v) is 6.82. The molecule has 1 fully saturated rings. The Labute approximate surface area is 290 Å². The smallest absolute Gasteiger partial charge is 0.328 e. The summed E-state index contributed by atoms with van der Waals surface area (Å²) in [5.74, 6) is -0.867. The number of rotatable bonds is 8. The van der Waals surface area contributed by atoms with Gasteiger partial charge in [-0.1, -0.05) is 66.7 Å². The number of para-hydroxylation sites is 1. The van der Waals surface area contributed by atoms with Gasteiger partial charge < -0.3 is 25.0 Å². The molecule has 0 spiro atoms. The van der Waals surface area contributed by atoms with Gasteiger partial charge in [-0.25, -0.2) is 4.79 Å². The van der Waals surface area contributed by atoms with Crippen molar-refractivity contribution in [2.45, 2.75) is 82.4 Å². The third kappa shape index (κ3) is 7.70. The topological polar surface area (TPSA) is 114 Å². The average Bonchev–Trinajstić information content (AvgIpc) is 3.07. The van der Waals surface area contributed by atoms with Gasteiger partial charge in [0, 0.05) is 19.1 Å². The number of benzene rings is 3. The Morgan fingerprint density at radius 2 is 1.50 bits per heavy atom. The minimum atomic E-state index is -1.10. The largest absolute Gasteiger partial charge is 0.496 e. The molecule has 0 saturated carbocycles. The molecule has 2 N–H and O–H groups in total. The highest BCUT2D eigenvalue weighted by Crippen LogP contribution is 2.48. The van der Waals surface area contributed by atoms with E-state index in [1.807, 2.05) is 65.6 Å². The van der Waals surface area contributed by atoms with Crippen molar-refractivity contribution in [1.29, 1.82) is 0 Å². The summed E-state index contributed by atoms with van der Waals surface area (Å²) in [7, 11) is 1.54. The Morgan fingerprint density at radius 3 is 2.17 bits per heavy atom. The second-order valence-electron chi connectivity index (χ2n) is 13.5. The summed E-state index contributed by atoms with van der Waals surface area (Å²) in [6, 6.07) is 23.4. The van der Waals surface area contributed by atoms with Gasteiger partial charge in [0.2, 0.25) is 11.8 Å². The van der Waals surface area contributed by atoms with Gasteiger partial charge in [0.1, 0.15) is 17.4 Å². The minimum Gasteiger partial charge on any atom is -0.496 e. The second kappa shape index (κ2) is 15.3. The predicted molar refractivity (Wildman–Crippen MR) is 190 cm³/mol. The molecule has 3 aromatic carbocycles. The summed E-state index contributed by atoms with van der Waals surface area (Å²) in [5.41, 5.74) is 1.09. The van der Waals surface area contributed by atoms with E-state index in [4.69, 9.17) is 9.47 Å². The van der Waals surface area contributed by atoms with Crippen LogP contribution in [0.25, 0.3) is 0 Å². The summed E-state index contributed by atoms with van der Waals surface area (Å²) in [4.78, 5) is 56.2. The summed E-state index contributed by atoms with van der Waals surface area (Å²) in [6.07, 6.45) is 2.13. The number of carbonyl (C=O) groups excluding carboxylic acids is 4. The molecule has 1 aliphatic heterocycles. The molecule has 3 atom stereocenters. The molecule has 1 aliphatic carbocycles. The Hall–Kier alpha value is -4.31. The number of nitrogens with one attached hydrogen (secondary N) is 2. The number of ether oxygens (including phenoxy) is 2. The molecular formula is C38H47N3O6S. The van der Waals surface area contributed by atoms with Crippen LogP contribution in [0.1, 0.15) is 86.3 Å². The number of hydrogen-bond donors (Lipinski definition) is 2. The first-order valence-corrected chi connectivity index (χ1v) is 16.4. The van der Waals surface area contributed by atoms with Crippen molar-refractivity contribution in [3.63, 3.8) is 0 Å². The van der Waals surface area contributed by atoms with Crippen LogP contribution in [0.2, 0.25) is 0 Å². The van der Waals surface area contributed by atoms with Crippen molar-refractivity contribution in [3.8, 4) is 5.75 Å². The standard InChI is InChI=1S/C38H45N3O6.H2S/c1-25(35(44)47-37(2,3)4)39-36(45)38(26-13-7-6-8-14-26)22-19-29(28-15-9-11-17-31(28)38)34(43)41-23-20-27(21-24-41)40-33(42)30-16-10-12-18-32(30)46-5;/h6-18,25,27,29H,19-24H2,1-5H3,(H,39,45)(H,40,42);1H2/t25-,29+,38-;/m1./s1. The first-order valence-electron chi connectivity index (χ1n) is 16.4. The van der Waals surface area contributed by atoms with E-state index in [1.54, 1.807) is 53.0 Å². The van der Waals surface area contributed by atoms with Gasteiger partial charge >= 0.3 is 5.97 Å². The fraction of sp³-hybridized carbons (Fsp3) is 0.421. The molecule has 3 amide bonds. The quantitative estimate of drug-likeness (QED) is 0.317. The summed E-state index contributed by atoms with van der Waals surface area (Å²) >= 11 is 0. The van der Waals surface area contributed by atoms with E-state index in [9.17, 15) is 19.2 Å². The van der Waals surface area contributed by atoms with E-state index in [2.05, 4.69) is 10.6 Å². The monoisotopic (exact) mass is 673 g/mol. The summed E-state index contributed by atoms with van der Waals surface area (Å²) in [6.45, 7) is 8.05. The molecule has 2 aliphatic rings. The summed E-state index contributed by atoms with van der Waals surface area (Å²) in [5, 5.41) is 6.06. The Kier molecular flexibility index (Phi) is 11.6. The van der Waals surface area contributed by atoms with Gasteiger partial charge in [-0.2, -0.15) is 13.5 Å². The van der Waals surface area contributed by atoms with Gasteiger partial charge in [0.25, 0.3) is 5.91 Å². The molecule has 0 unspecified atom stereocenters. The number of amides is 3. The number of likely N-dealkylation sites (tertiary alicyclic amines) is 1. The van der Waals surface area contributed by atoms with E-state index >= 15 is 0 Å². The van der Waals surface area contributed by atoms with Crippen LogP contribution >= 0.6 is 13.5 Å². The van der Waals surface area contributed by atoms with Crippen molar-refractivity contribution < 1.29 is 28.7 Å². The first-order chi connectivity index (χ1) is 22.4. The molecule has 48 heavy (non-hydrogen) atoms. The van der Waals surface area contributed by atoms with Crippen LogP contribution < -0.4 is 15.4 Å². The highest BCUT2D eigenvalue weighted by Gasteiger charge is 2.49. The van der Waals surface area contributed by atoms with Crippen LogP contribution in [0.4, 0.5) is 0 Å². The van der Waals surface area contributed by atoms with Crippen molar-refractivity contribution in [3.05, 3.63) is 101 Å². The number of carbonyl (C=O) groups is 4. The average molecular weight is 674 g/mol. The molecule has 3 aromatic rings. The van der Waals surface area contributed by atoms with Gasteiger partial charge in [0.15, 0.2) is 0 Å². The minimum absolute atomic E-state index is 0. The Bertz CT molecular complexity index is 1620. The van der Waals surface area contributed by atoms with Gasteiger partial charge in [-0.05, 0) is 82.2 Å². The predicted octanol–water partition coefficient (Wildman–Crippen LogP) is 5.24. The first kappa shape index (κ1) is 36.5. The van der Waals surface area contributed by atoms with Crippen LogP contribution in [0.3, 0.4) is 0 Å². The third-order valence-corrected chi connectivity index (χ3v) is 9.16. The van der Waals surface area contributed by atoms with E-state index in [1.165, 1.54) is 0 Å². The summed E-state index contributed by atoms with van der Waals surface area (Å²) < 4.78 is 10.9. The molecule has 5 rings (SSSR count). The number of fused-ring (bicyclic) bond motifs is 1. The number of methoxy groups -OCH3 is 1. The molecule has 256 valence electrons. The van der Waals surface area contributed by atoms with E-state index in [-0.39, 0.29) is 37.3 Å². The molecule has 1 heterocycles. The molecule has 0 aromatic heterocycles. The number of esters is 1. The van der Waals surface area contributed by atoms with Crippen LogP contribution in [-0.2, 0) is 24.5 Å². The lowest BCUT2D eigenvalue weighted by Gasteiger charge is -2.43. The van der Waals surface area contributed by atoms with Crippen molar-refractivity contribution in [2.75, 3.05) is 20.2 Å². The van der Waals surface area contributed by atoms with Crippen LogP contribution in [0.5, 0.6) is 5.75 Å². The lowest BCUT2D eigenvalue weighted by molar-refractivity contribution is -0.158. The molecule has 0 radical (unpaired) electrons. The van der Waals surface area contributed by atoms with Crippen LogP contribution in [0.15, 0.2) is 78.9 Å². The second-order valence-corrected chi connectivity index (χ2v) is 13.5. The van der Waals surface area contributed by atoms with Crippen LogP contribution in [0, 0.1) is 0 Å². The number of piperidine rings is 1. The number of hydrogen-bond acceptors (Lipinski definition) is 6. The maximum atomic E-state index is 14.4. The lowest BCUT2D eigenvalue weighted by atomic mass is 9.62. The SMILES string of the molecule is COc1ccccc1C(=O)NC1CCN(C(=O)[C@H]2CC[C@@](C(=O)N[C@H](C)C(=O)OC(C)(C)C)(c3ccccc3)c3ccccc32)CC1.S. The molecule has 9 nitrogen and oxygen atoms in total. The normalized spacial score (nSPS) is 19.9. The fourth-order valence-electron chi connectivity index (χ4n) is 6.82. The third-order valence-electron chi connectivity index (χ3n) is 9.16. The number of nitrogens with zero attached hydrogens (tertiary/aromatic N) is 1. The molecular weight excluding hydrogens is 627 g/mol. The van der Waals surface area contributed by atoms with Crippen molar-refractivity contribution in [1.82, 2.24) is 15.5 Å². The van der Waals surface area contributed by atoms with Gasteiger partial charge in [-0.15, -0.1) is 0 Å². The van der Waals surface area contributed by atoms with E-state index < -0.39 is 28.9 Å². The molecule has 0 bridgehead atoms. The van der Waals surface area contributed by atoms with Crippen LogP contribution in [-0.4, -0.2) is 66.5 Å². The molecule has 10 heteroatoms. The van der Waals surface area contributed by atoms with Gasteiger partial charge in [0.05, 0.1) is 24.0 Å². The van der Waals surface area contributed by atoms with Gasteiger partial charge in [-0.3, -0.25) is 14.4 Å².